The number of nitrogens with zero attached hydrogens (tertiary/aromatic N) is 1. The van der Waals surface area contributed by atoms with Crippen molar-refractivity contribution in [3.8, 4) is 27.9 Å². The van der Waals surface area contributed by atoms with Crippen LogP contribution in [0.25, 0.3) is 82.1 Å². The van der Waals surface area contributed by atoms with Gasteiger partial charge in [0.25, 0.3) is 0 Å². The van der Waals surface area contributed by atoms with Gasteiger partial charge in [-0.05, 0) is 135 Å². The SMILES string of the molecule is CC(C)(C)c1ccc2c(c1)c1cc(C(C)(C)C)cc3c1n2-c1cc2c(cc1C3(C)C)-c1ccc(-c3ccc4ccc5cccc6ccc3c4c56)cc1C2(C)C. The number of rotatable bonds is 1. The lowest BCUT2D eigenvalue weighted by Crippen LogP contribution is -2.28. The summed E-state index contributed by atoms with van der Waals surface area (Å²) in [5, 5.41) is 10.7. The van der Waals surface area contributed by atoms with Gasteiger partial charge in [0.15, 0.2) is 0 Å². The highest BCUT2D eigenvalue weighted by Gasteiger charge is 2.42. The molecule has 1 aliphatic heterocycles. The second kappa shape index (κ2) is 10.3. The summed E-state index contributed by atoms with van der Waals surface area (Å²) < 4.78 is 2.62. The van der Waals surface area contributed by atoms with E-state index < -0.39 is 0 Å². The molecule has 9 aromatic rings. The van der Waals surface area contributed by atoms with Gasteiger partial charge in [0.2, 0.25) is 0 Å². The lowest BCUT2D eigenvalue weighted by atomic mass is 9.71. The average Bonchev–Trinajstić information content (AvgIpc) is 3.59. The predicted octanol–water partition coefficient (Wildman–Crippen LogP) is 14.9. The second-order valence-corrected chi connectivity index (χ2v) is 19.9. The molecule has 11 rings (SSSR count). The monoisotopic (exact) mass is 711 g/mol. The third-order valence-electron chi connectivity index (χ3n) is 13.8. The van der Waals surface area contributed by atoms with Crippen molar-refractivity contribution in [1.82, 2.24) is 4.57 Å². The molecule has 1 aromatic heterocycles. The van der Waals surface area contributed by atoms with Crippen molar-refractivity contribution in [2.75, 3.05) is 0 Å². The smallest absolute Gasteiger partial charge is 0.0582 e. The van der Waals surface area contributed by atoms with Crippen LogP contribution >= 0.6 is 0 Å². The molecule has 1 nitrogen and oxygen atoms in total. The van der Waals surface area contributed by atoms with Gasteiger partial charge in [-0.15, -0.1) is 0 Å². The third-order valence-corrected chi connectivity index (χ3v) is 13.8. The second-order valence-electron chi connectivity index (χ2n) is 19.9. The van der Waals surface area contributed by atoms with Crippen LogP contribution in [-0.2, 0) is 21.7 Å². The maximum atomic E-state index is 2.62. The van der Waals surface area contributed by atoms with Crippen LogP contribution in [0.1, 0.15) is 103 Å². The summed E-state index contributed by atoms with van der Waals surface area (Å²) in [6.45, 7) is 23.8. The van der Waals surface area contributed by atoms with E-state index in [0.717, 1.165) is 0 Å². The quantitative estimate of drug-likeness (QED) is 0.149. The Kier molecular flexibility index (Phi) is 6.15. The Morgan fingerprint density at radius 2 is 1.05 bits per heavy atom. The zero-order valence-corrected chi connectivity index (χ0v) is 33.9. The fourth-order valence-corrected chi connectivity index (χ4v) is 10.5. The maximum absolute atomic E-state index is 2.62. The minimum absolute atomic E-state index is 0.0322. The number of benzene rings is 8. The van der Waals surface area contributed by atoms with E-state index >= 15 is 0 Å². The van der Waals surface area contributed by atoms with E-state index in [2.05, 4.69) is 189 Å². The van der Waals surface area contributed by atoms with Gasteiger partial charge in [0, 0.05) is 21.6 Å². The molecule has 270 valence electrons. The highest BCUT2D eigenvalue weighted by atomic mass is 15.0. The summed E-state index contributed by atoms with van der Waals surface area (Å²) in [6.07, 6.45) is 0. The minimum atomic E-state index is -0.185. The van der Waals surface area contributed by atoms with Gasteiger partial charge >= 0.3 is 0 Å². The van der Waals surface area contributed by atoms with Gasteiger partial charge in [-0.3, -0.25) is 0 Å². The van der Waals surface area contributed by atoms with E-state index in [4.69, 9.17) is 0 Å². The average molecular weight is 712 g/mol. The highest BCUT2D eigenvalue weighted by Crippen LogP contribution is 2.56. The molecule has 0 atom stereocenters. The molecule has 0 unspecified atom stereocenters. The minimum Gasteiger partial charge on any atom is -0.309 e. The van der Waals surface area contributed by atoms with E-state index in [0.29, 0.717) is 0 Å². The largest absolute Gasteiger partial charge is 0.309 e. The zero-order chi connectivity index (χ0) is 38.1. The zero-order valence-electron chi connectivity index (χ0n) is 33.9. The fraction of sp³-hybridized carbons (Fsp3) is 0.259. The first kappa shape index (κ1) is 33.0. The van der Waals surface area contributed by atoms with E-state index in [1.165, 1.54) is 115 Å². The molecule has 0 radical (unpaired) electrons. The van der Waals surface area contributed by atoms with E-state index in [1.54, 1.807) is 0 Å². The van der Waals surface area contributed by atoms with Gasteiger partial charge < -0.3 is 4.57 Å². The Morgan fingerprint density at radius 3 is 1.78 bits per heavy atom. The lowest BCUT2D eigenvalue weighted by molar-refractivity contribution is 0.581. The van der Waals surface area contributed by atoms with Crippen LogP contribution < -0.4 is 0 Å². The molecule has 0 saturated carbocycles. The normalized spacial score (nSPS) is 15.7. The van der Waals surface area contributed by atoms with Crippen molar-refractivity contribution in [1.29, 1.82) is 0 Å². The Balaban J connectivity index is 1.14. The molecule has 0 saturated heterocycles. The summed E-state index contributed by atoms with van der Waals surface area (Å²) in [6, 6.07) is 45.3. The summed E-state index contributed by atoms with van der Waals surface area (Å²) >= 11 is 0. The van der Waals surface area contributed by atoms with Crippen LogP contribution in [-0.4, -0.2) is 4.57 Å². The first-order valence-electron chi connectivity index (χ1n) is 20.2. The molecule has 1 aliphatic carbocycles. The fourth-order valence-electron chi connectivity index (χ4n) is 10.5. The first-order chi connectivity index (χ1) is 26.0. The van der Waals surface area contributed by atoms with Crippen molar-refractivity contribution < 1.29 is 0 Å². The lowest BCUT2D eigenvalue weighted by Gasteiger charge is -2.37. The molecule has 2 aliphatic rings. The van der Waals surface area contributed by atoms with Gasteiger partial charge in [-0.1, -0.05) is 148 Å². The Morgan fingerprint density at radius 1 is 0.436 bits per heavy atom. The van der Waals surface area contributed by atoms with E-state index in [1.807, 2.05) is 0 Å². The van der Waals surface area contributed by atoms with Crippen molar-refractivity contribution in [2.24, 2.45) is 0 Å². The Hall–Kier alpha value is -5.40. The van der Waals surface area contributed by atoms with E-state index in [-0.39, 0.29) is 21.7 Å². The van der Waals surface area contributed by atoms with Crippen molar-refractivity contribution in [2.45, 2.75) is 90.9 Å². The molecule has 1 heteroatoms. The van der Waals surface area contributed by atoms with Gasteiger partial charge in [-0.25, -0.2) is 0 Å². The van der Waals surface area contributed by atoms with Gasteiger partial charge in [0.1, 0.15) is 0 Å². The van der Waals surface area contributed by atoms with E-state index in [9.17, 15) is 0 Å². The summed E-state index contributed by atoms with van der Waals surface area (Å²) in [7, 11) is 0. The van der Waals surface area contributed by atoms with Gasteiger partial charge in [-0.2, -0.15) is 0 Å². The summed E-state index contributed by atoms with van der Waals surface area (Å²) in [4.78, 5) is 0. The van der Waals surface area contributed by atoms with Crippen LogP contribution in [0, 0.1) is 0 Å². The number of hydrogen-bond acceptors (Lipinski definition) is 0. The van der Waals surface area contributed by atoms with Crippen LogP contribution in [0.4, 0.5) is 0 Å². The topological polar surface area (TPSA) is 4.93 Å². The Labute approximate surface area is 325 Å². The number of aromatic nitrogens is 1. The third kappa shape index (κ3) is 4.25. The number of fused-ring (bicyclic) bond motifs is 8. The molecule has 0 bridgehead atoms. The highest BCUT2D eigenvalue weighted by molar-refractivity contribution is 6.25. The van der Waals surface area contributed by atoms with Crippen molar-refractivity contribution in [3.05, 3.63) is 149 Å². The molecule has 0 spiro atoms. The maximum Gasteiger partial charge on any atom is 0.0582 e. The van der Waals surface area contributed by atoms with Crippen LogP contribution in [0.2, 0.25) is 0 Å². The standard InChI is InChI=1S/C54H49N/c1-51(2,3)34-19-23-46-40(25-34)41-26-35(52(4,5)6)27-45-50(41)55(46)47-29-43-39(28-44(47)54(45,9)10)37-21-18-33(24-42(37)53(43,7)8)36-20-16-32-15-14-30-12-11-13-31-17-22-38(36)49(32)48(30)31/h11-29H,1-10H3. The Bertz CT molecular complexity index is 3130. The molecule has 2 heterocycles. The van der Waals surface area contributed by atoms with Crippen molar-refractivity contribution >= 4 is 54.1 Å². The van der Waals surface area contributed by atoms with Crippen molar-refractivity contribution in [3.63, 3.8) is 0 Å². The van der Waals surface area contributed by atoms with Gasteiger partial charge in [0.05, 0.1) is 16.7 Å². The van der Waals surface area contributed by atoms with Crippen LogP contribution in [0.15, 0.2) is 115 Å². The molecule has 8 aromatic carbocycles. The molecule has 0 amide bonds. The molecular formula is C54H49N. The predicted molar refractivity (Wildman–Crippen MR) is 237 cm³/mol. The molecule has 0 fully saturated rings. The summed E-state index contributed by atoms with van der Waals surface area (Å²) in [5.41, 5.74) is 17.5. The molecule has 0 N–H and O–H groups in total. The van der Waals surface area contributed by atoms with Crippen LogP contribution in [0.3, 0.4) is 0 Å². The molecule has 55 heavy (non-hydrogen) atoms. The number of hydrogen-bond donors (Lipinski definition) is 0. The molecular weight excluding hydrogens is 663 g/mol. The first-order valence-corrected chi connectivity index (χ1v) is 20.2. The summed E-state index contributed by atoms with van der Waals surface area (Å²) in [5.74, 6) is 0. The van der Waals surface area contributed by atoms with Crippen LogP contribution in [0.5, 0.6) is 0 Å².